The first-order valence-corrected chi connectivity index (χ1v) is 6.44. The summed E-state index contributed by atoms with van der Waals surface area (Å²) in [5.41, 5.74) is 5.64. The van der Waals surface area contributed by atoms with Crippen LogP contribution in [0.15, 0.2) is 40.3 Å². The molecule has 3 nitrogen and oxygen atoms in total. The van der Waals surface area contributed by atoms with Gasteiger partial charge in [-0.2, -0.15) is 5.10 Å². The van der Waals surface area contributed by atoms with Crippen molar-refractivity contribution in [3.8, 4) is 0 Å². The molecule has 0 saturated heterocycles. The van der Waals surface area contributed by atoms with Gasteiger partial charge in [0.05, 0.1) is 10.6 Å². The molecule has 17 heavy (non-hydrogen) atoms. The van der Waals surface area contributed by atoms with E-state index in [0.29, 0.717) is 0 Å². The lowest BCUT2D eigenvalue weighted by Gasteiger charge is -2.25. The van der Waals surface area contributed by atoms with Crippen molar-refractivity contribution < 1.29 is 4.79 Å². The lowest BCUT2D eigenvalue weighted by molar-refractivity contribution is -0.118. The smallest absolute Gasteiger partial charge is 0.267 e. The molecule has 0 aromatic carbocycles. The van der Waals surface area contributed by atoms with E-state index in [1.165, 1.54) is 5.56 Å². The lowest BCUT2D eigenvalue weighted by atomic mass is 9.85. The largest absolute Gasteiger partial charge is 0.268 e. The van der Waals surface area contributed by atoms with Gasteiger partial charge in [0.15, 0.2) is 0 Å². The van der Waals surface area contributed by atoms with Crippen molar-refractivity contribution >= 4 is 23.0 Å². The SMILES string of the molecule is Cc1csc(C2=NNC(=O)C3=CC=CCC32)c1. The fourth-order valence-electron chi connectivity index (χ4n) is 2.17. The predicted molar refractivity (Wildman–Crippen MR) is 69.1 cm³/mol. The molecule has 1 aromatic heterocycles. The minimum absolute atomic E-state index is 0.0728. The molecule has 1 aromatic rings. The first-order valence-electron chi connectivity index (χ1n) is 5.56. The summed E-state index contributed by atoms with van der Waals surface area (Å²) in [6.45, 7) is 2.07. The molecule has 2 aliphatic rings. The Balaban J connectivity index is 2.04. The van der Waals surface area contributed by atoms with Gasteiger partial charge in [-0.25, -0.2) is 5.43 Å². The predicted octanol–water partition coefficient (Wildman–Crippen LogP) is 2.39. The second-order valence-corrected chi connectivity index (χ2v) is 5.18. The molecule has 0 radical (unpaired) electrons. The standard InChI is InChI=1S/C13H12N2OS/c1-8-6-11(17-7-8)12-9-4-2-3-5-10(9)13(16)15-14-12/h2-3,5-7,9H,4H2,1H3,(H,15,16). The summed E-state index contributed by atoms with van der Waals surface area (Å²) in [5.74, 6) is 0.0446. The Labute approximate surface area is 104 Å². The van der Waals surface area contributed by atoms with Gasteiger partial charge in [0.25, 0.3) is 5.91 Å². The average Bonchev–Trinajstić information content (AvgIpc) is 2.77. The highest BCUT2D eigenvalue weighted by Gasteiger charge is 2.31. The molecule has 1 N–H and O–H groups in total. The van der Waals surface area contributed by atoms with E-state index in [1.54, 1.807) is 11.3 Å². The average molecular weight is 244 g/mol. The molecule has 86 valence electrons. The topological polar surface area (TPSA) is 41.5 Å². The van der Waals surface area contributed by atoms with Crippen LogP contribution in [-0.4, -0.2) is 11.6 Å². The van der Waals surface area contributed by atoms with Crippen molar-refractivity contribution in [1.29, 1.82) is 0 Å². The van der Waals surface area contributed by atoms with Crippen LogP contribution >= 0.6 is 11.3 Å². The minimum Gasteiger partial charge on any atom is -0.268 e. The molecule has 1 aliphatic heterocycles. The normalized spacial score (nSPS) is 22.6. The zero-order chi connectivity index (χ0) is 11.8. The Morgan fingerprint density at radius 2 is 2.41 bits per heavy atom. The lowest BCUT2D eigenvalue weighted by Crippen LogP contribution is -2.36. The molecule has 1 atom stereocenters. The van der Waals surface area contributed by atoms with Crippen LogP contribution in [0.2, 0.25) is 0 Å². The molecular formula is C13H12N2OS. The van der Waals surface area contributed by atoms with Gasteiger partial charge in [-0.3, -0.25) is 4.79 Å². The highest BCUT2D eigenvalue weighted by atomic mass is 32.1. The van der Waals surface area contributed by atoms with Crippen LogP contribution in [-0.2, 0) is 4.79 Å². The van der Waals surface area contributed by atoms with Crippen LogP contribution in [0.25, 0.3) is 0 Å². The van der Waals surface area contributed by atoms with Gasteiger partial charge in [0, 0.05) is 11.5 Å². The molecular weight excluding hydrogens is 232 g/mol. The third kappa shape index (κ3) is 1.74. The van der Waals surface area contributed by atoms with Gasteiger partial charge in [-0.05, 0) is 30.4 Å². The maximum Gasteiger partial charge on any atom is 0.267 e. The Kier molecular flexibility index (Phi) is 2.44. The molecule has 2 heterocycles. The van der Waals surface area contributed by atoms with Gasteiger partial charge in [0.2, 0.25) is 0 Å². The first kappa shape index (κ1) is 10.5. The van der Waals surface area contributed by atoms with Crippen molar-refractivity contribution in [3.05, 3.63) is 45.7 Å². The second kappa shape index (κ2) is 3.96. The van der Waals surface area contributed by atoms with Crippen LogP contribution in [0.5, 0.6) is 0 Å². The molecule has 0 fully saturated rings. The van der Waals surface area contributed by atoms with Gasteiger partial charge in [-0.15, -0.1) is 11.3 Å². The van der Waals surface area contributed by atoms with E-state index in [9.17, 15) is 4.79 Å². The van der Waals surface area contributed by atoms with E-state index in [0.717, 1.165) is 22.6 Å². The maximum absolute atomic E-state index is 11.7. The number of nitrogens with zero attached hydrogens (tertiary/aromatic N) is 1. The molecule has 1 aliphatic carbocycles. The van der Waals surface area contributed by atoms with Crippen molar-refractivity contribution in [1.82, 2.24) is 5.43 Å². The maximum atomic E-state index is 11.7. The van der Waals surface area contributed by atoms with Crippen molar-refractivity contribution in [2.75, 3.05) is 0 Å². The van der Waals surface area contributed by atoms with Gasteiger partial charge in [-0.1, -0.05) is 18.2 Å². The Morgan fingerprint density at radius 1 is 1.53 bits per heavy atom. The quantitative estimate of drug-likeness (QED) is 0.809. The van der Waals surface area contributed by atoms with Crippen molar-refractivity contribution in [2.45, 2.75) is 13.3 Å². The monoisotopic (exact) mass is 244 g/mol. The number of carbonyl (C=O) groups excluding carboxylic acids is 1. The summed E-state index contributed by atoms with van der Waals surface area (Å²) < 4.78 is 0. The number of nitrogens with one attached hydrogen (secondary N) is 1. The third-order valence-electron chi connectivity index (χ3n) is 3.01. The Bertz CT molecular complexity index is 566. The second-order valence-electron chi connectivity index (χ2n) is 4.26. The van der Waals surface area contributed by atoms with Gasteiger partial charge < -0.3 is 0 Å². The van der Waals surface area contributed by atoms with E-state index in [1.807, 2.05) is 12.2 Å². The number of aryl methyl sites for hydroxylation is 1. The third-order valence-corrected chi connectivity index (χ3v) is 4.08. The first-order chi connectivity index (χ1) is 8.25. The number of hydrogen-bond donors (Lipinski definition) is 1. The van der Waals surface area contributed by atoms with E-state index < -0.39 is 0 Å². The molecule has 4 heteroatoms. The molecule has 0 spiro atoms. The number of rotatable bonds is 1. The zero-order valence-corrected chi connectivity index (χ0v) is 10.3. The van der Waals surface area contributed by atoms with E-state index in [-0.39, 0.29) is 11.8 Å². The molecule has 1 amide bonds. The molecule has 3 rings (SSSR count). The number of thiophene rings is 1. The highest BCUT2D eigenvalue weighted by Crippen LogP contribution is 2.30. The van der Waals surface area contributed by atoms with E-state index in [2.05, 4.69) is 35.0 Å². The number of allylic oxidation sites excluding steroid dienone is 3. The Hall–Kier alpha value is -1.68. The minimum atomic E-state index is -0.0728. The van der Waals surface area contributed by atoms with Crippen LogP contribution in [0.1, 0.15) is 16.9 Å². The van der Waals surface area contributed by atoms with E-state index in [4.69, 9.17) is 0 Å². The van der Waals surface area contributed by atoms with Crippen molar-refractivity contribution in [2.24, 2.45) is 11.0 Å². The number of fused-ring (bicyclic) bond motifs is 1. The van der Waals surface area contributed by atoms with Gasteiger partial charge >= 0.3 is 0 Å². The fraction of sp³-hybridized carbons (Fsp3) is 0.231. The summed E-state index contributed by atoms with van der Waals surface area (Å²) in [7, 11) is 0. The Morgan fingerprint density at radius 3 is 3.18 bits per heavy atom. The molecule has 0 saturated carbocycles. The number of carbonyl (C=O) groups is 1. The molecule has 1 unspecified atom stereocenters. The number of amides is 1. The zero-order valence-electron chi connectivity index (χ0n) is 9.43. The fourth-order valence-corrected chi connectivity index (χ4v) is 3.11. The number of hydrazone groups is 1. The summed E-state index contributed by atoms with van der Waals surface area (Å²) >= 11 is 1.68. The summed E-state index contributed by atoms with van der Waals surface area (Å²) in [6, 6.07) is 2.12. The summed E-state index contributed by atoms with van der Waals surface area (Å²) in [4.78, 5) is 12.8. The molecule has 0 bridgehead atoms. The van der Waals surface area contributed by atoms with Crippen molar-refractivity contribution in [3.63, 3.8) is 0 Å². The van der Waals surface area contributed by atoms with E-state index >= 15 is 0 Å². The van der Waals surface area contributed by atoms with Gasteiger partial charge in [0.1, 0.15) is 0 Å². The summed E-state index contributed by atoms with van der Waals surface area (Å²) in [6.07, 6.45) is 6.77. The van der Waals surface area contributed by atoms with Crippen LogP contribution < -0.4 is 5.43 Å². The number of hydrogen-bond acceptors (Lipinski definition) is 3. The summed E-state index contributed by atoms with van der Waals surface area (Å²) in [5, 5.41) is 6.34. The highest BCUT2D eigenvalue weighted by molar-refractivity contribution is 7.12. The van der Waals surface area contributed by atoms with Crippen LogP contribution in [0, 0.1) is 12.8 Å². The van der Waals surface area contributed by atoms with Crippen LogP contribution in [0.3, 0.4) is 0 Å². The van der Waals surface area contributed by atoms with Crippen LogP contribution in [0.4, 0.5) is 0 Å².